The number of fused-ring (bicyclic) bond motifs is 1. The van der Waals surface area contributed by atoms with Gasteiger partial charge in [-0.2, -0.15) is 13.2 Å². The van der Waals surface area contributed by atoms with Crippen LogP contribution in [0.3, 0.4) is 0 Å². The molecule has 3 fully saturated rings. The maximum Gasteiger partial charge on any atom is 0.417 e. The zero-order chi connectivity index (χ0) is 55.1. The lowest BCUT2D eigenvalue weighted by Crippen LogP contribution is -2.55. The number of carbonyl (C=O) groups is 7. The molecule has 4 aliphatic rings. The topological polar surface area (TPSA) is 230 Å². The van der Waals surface area contributed by atoms with E-state index in [1.165, 1.54) is 18.3 Å². The number of amides is 7. The van der Waals surface area contributed by atoms with Crippen LogP contribution in [0.4, 0.5) is 40.4 Å². The first-order valence-electron chi connectivity index (χ1n) is 26.0. The number of halogens is 4. The van der Waals surface area contributed by atoms with Gasteiger partial charge in [-0.25, -0.2) is 9.37 Å². The molecule has 2 aromatic heterocycles. The molecular weight excluding hydrogens is 1010 g/mol. The van der Waals surface area contributed by atoms with Gasteiger partial charge in [-0.15, -0.1) is 0 Å². The molecule has 0 aliphatic carbocycles. The summed E-state index contributed by atoms with van der Waals surface area (Å²) in [6.45, 7) is 7.66. The summed E-state index contributed by atoms with van der Waals surface area (Å²) in [6.07, 6.45) is 2.81. The highest BCUT2D eigenvalue weighted by atomic mass is 19.4. The number of aromatic nitrogens is 2. The average Bonchev–Trinajstić information content (AvgIpc) is 3.70. The second-order valence-electron chi connectivity index (χ2n) is 20.0. The highest BCUT2D eigenvalue weighted by Gasteiger charge is 2.46. The summed E-state index contributed by atoms with van der Waals surface area (Å²) in [6, 6.07) is 10.3. The zero-order valence-electron chi connectivity index (χ0n) is 43.2. The third kappa shape index (κ3) is 12.9. The van der Waals surface area contributed by atoms with Gasteiger partial charge < -0.3 is 35.6 Å². The molecule has 3 saturated heterocycles. The first kappa shape index (κ1) is 55.5. The Labute approximate surface area is 442 Å². The highest BCUT2D eigenvalue weighted by Crippen LogP contribution is 2.38. The molecule has 4 aromatic rings. The lowest BCUT2D eigenvalue weighted by molar-refractivity contribution is -0.138. The molecule has 4 aliphatic heterocycles. The van der Waals surface area contributed by atoms with E-state index in [1.54, 1.807) is 35.2 Å². The van der Waals surface area contributed by atoms with Crippen molar-refractivity contribution in [3.63, 3.8) is 0 Å². The molecule has 3 atom stereocenters. The number of piperazine rings is 2. The molecule has 23 heteroatoms. The van der Waals surface area contributed by atoms with Crippen LogP contribution in [0.5, 0.6) is 0 Å². The molecule has 410 valence electrons. The van der Waals surface area contributed by atoms with Crippen molar-refractivity contribution in [3.05, 3.63) is 99.3 Å². The normalized spacial score (nSPS) is 19.1. The number of H-pyrrole nitrogens is 1. The summed E-state index contributed by atoms with van der Waals surface area (Å²) in [5.74, 6) is -3.73. The van der Waals surface area contributed by atoms with Gasteiger partial charge in [-0.1, -0.05) is 31.7 Å². The Kier molecular flexibility index (Phi) is 17.4. The number of unbranched alkanes of at least 4 members (excludes halogenated alkanes) is 5. The quantitative estimate of drug-likeness (QED) is 0.0427. The molecule has 1 unspecified atom stereocenters. The largest absolute Gasteiger partial charge is 0.417 e. The monoisotopic (exact) mass is 1070 g/mol. The number of benzene rings is 2. The molecule has 0 spiro atoms. The van der Waals surface area contributed by atoms with E-state index >= 15 is 4.39 Å². The summed E-state index contributed by atoms with van der Waals surface area (Å²) < 4.78 is 58.1. The van der Waals surface area contributed by atoms with E-state index in [0.29, 0.717) is 81.7 Å². The third-order valence-electron chi connectivity index (χ3n) is 14.8. The summed E-state index contributed by atoms with van der Waals surface area (Å²) in [7, 11) is 1.97. The first-order chi connectivity index (χ1) is 36.8. The van der Waals surface area contributed by atoms with Crippen molar-refractivity contribution in [2.45, 2.75) is 102 Å². The first-order valence-corrected chi connectivity index (χ1v) is 26.0. The van der Waals surface area contributed by atoms with Crippen molar-refractivity contribution in [3.8, 4) is 11.1 Å². The Morgan fingerprint density at radius 3 is 2.17 bits per heavy atom. The van der Waals surface area contributed by atoms with E-state index < -0.39 is 64.3 Å². The second kappa shape index (κ2) is 24.1. The number of alkyl halides is 3. The molecule has 8 rings (SSSR count). The van der Waals surface area contributed by atoms with Crippen LogP contribution in [-0.4, -0.2) is 144 Å². The number of aromatic amines is 1. The van der Waals surface area contributed by atoms with E-state index in [2.05, 4.69) is 36.1 Å². The number of likely N-dealkylation sites (N-methyl/N-ethyl adjacent to an activating group) is 1. The molecule has 0 saturated carbocycles. The Hall–Kier alpha value is -7.69. The number of nitrogens with one attached hydrogen (secondary N) is 5. The summed E-state index contributed by atoms with van der Waals surface area (Å²) in [5.41, 5.74) is -1.50. The Bertz CT molecular complexity index is 2950. The smallest absolute Gasteiger partial charge is 0.384 e. The third-order valence-corrected chi connectivity index (χ3v) is 14.8. The van der Waals surface area contributed by atoms with Crippen LogP contribution >= 0.6 is 0 Å². The van der Waals surface area contributed by atoms with Crippen molar-refractivity contribution in [2.75, 3.05) is 79.8 Å². The minimum atomic E-state index is -5.00. The lowest BCUT2D eigenvalue weighted by atomic mass is 10.0. The van der Waals surface area contributed by atoms with Crippen molar-refractivity contribution >= 4 is 64.2 Å². The number of hydrogen-bond acceptors (Lipinski definition) is 13. The van der Waals surface area contributed by atoms with Crippen LogP contribution in [0, 0.1) is 5.82 Å². The fourth-order valence-electron chi connectivity index (χ4n) is 10.3. The van der Waals surface area contributed by atoms with Gasteiger partial charge in [0.2, 0.25) is 29.2 Å². The van der Waals surface area contributed by atoms with Gasteiger partial charge in [0.25, 0.3) is 17.7 Å². The van der Waals surface area contributed by atoms with E-state index in [-0.39, 0.29) is 77.6 Å². The molecular formula is C54H63F4N11O8. The summed E-state index contributed by atoms with van der Waals surface area (Å²) >= 11 is 0. The predicted octanol–water partition coefficient (Wildman–Crippen LogP) is 5.77. The average molecular weight is 1070 g/mol. The van der Waals surface area contributed by atoms with Crippen molar-refractivity contribution in [1.82, 2.24) is 35.3 Å². The van der Waals surface area contributed by atoms with Crippen LogP contribution in [-0.2, 0) is 25.4 Å². The van der Waals surface area contributed by atoms with E-state index in [0.717, 1.165) is 43.4 Å². The van der Waals surface area contributed by atoms with E-state index in [4.69, 9.17) is 0 Å². The van der Waals surface area contributed by atoms with Crippen LogP contribution in [0.1, 0.15) is 115 Å². The van der Waals surface area contributed by atoms with Crippen LogP contribution in [0.15, 0.2) is 65.7 Å². The molecule has 6 heterocycles. The predicted molar refractivity (Wildman–Crippen MR) is 279 cm³/mol. The summed E-state index contributed by atoms with van der Waals surface area (Å²) in [5, 5.41) is 10.9. The minimum absolute atomic E-state index is 0.0294. The minimum Gasteiger partial charge on any atom is -0.384 e. The molecule has 77 heavy (non-hydrogen) atoms. The fourth-order valence-corrected chi connectivity index (χ4v) is 10.3. The molecule has 5 N–H and O–H groups in total. The number of piperidine rings is 1. The molecule has 2 aromatic carbocycles. The SMILES string of the molecule is C[C@@H]1CN(c2cc(F)c(-c3ccc(N4CCN(C(=O)CCC(=O)NCCCCCCCCNc5cccc6c5C(=O)N(C5CCC(=O)NC5=O)C6=O)CC4)nc3)cc2NC(=O)c2c[nH]c(=O)cc2C(F)(F)F)C[C@H](C)N1C. The number of carbonyl (C=O) groups excluding carboxylic acids is 7. The number of anilines is 4. The van der Waals surface area contributed by atoms with Crippen LogP contribution < -0.4 is 36.6 Å². The van der Waals surface area contributed by atoms with Gasteiger partial charge in [0, 0.05) is 119 Å². The number of nitrogens with zero attached hydrogens (tertiary/aromatic N) is 6. The Morgan fingerprint density at radius 2 is 1.49 bits per heavy atom. The lowest BCUT2D eigenvalue weighted by Gasteiger charge is -2.44. The Balaban J connectivity index is 0.747. The maximum atomic E-state index is 16.2. The number of rotatable bonds is 19. The zero-order valence-corrected chi connectivity index (χ0v) is 43.2. The van der Waals surface area contributed by atoms with Crippen LogP contribution in [0.2, 0.25) is 0 Å². The van der Waals surface area contributed by atoms with E-state index in [9.17, 15) is 51.5 Å². The summed E-state index contributed by atoms with van der Waals surface area (Å²) in [4.78, 5) is 117. The van der Waals surface area contributed by atoms with Crippen LogP contribution in [0.25, 0.3) is 11.1 Å². The van der Waals surface area contributed by atoms with Gasteiger partial charge >= 0.3 is 6.18 Å². The van der Waals surface area contributed by atoms with Crippen molar-refractivity contribution < 1.29 is 51.1 Å². The fraction of sp³-hybridized carbons (Fsp3) is 0.463. The van der Waals surface area contributed by atoms with Crippen molar-refractivity contribution in [1.29, 1.82) is 0 Å². The number of hydrogen-bond donors (Lipinski definition) is 5. The van der Waals surface area contributed by atoms with Gasteiger partial charge in [-0.3, -0.25) is 53.5 Å². The number of pyridine rings is 2. The standard InChI is InChI=1S/C54H63F4N11O8/c1-32-30-68(31-33(2)65(32)3)43-27-39(55)36(25-41(43)63-50(74)37-29-62-47(72)26-38(37)54(56,57)58)34-13-15-44(61-28-34)66-21-23-67(24-22-66)48(73)18-17-45(70)60-20-9-7-5-4-6-8-19-59-40-12-10-11-35-49(40)53(77)69(52(35)76)42-14-16-46(71)64-51(42)75/h10-13,15,25-29,32-33,42,59H,4-9,14,16-24,30-31H2,1-3H3,(H,60,70)(H,62,72)(H,63,74)(H,64,71,75)/t32-,33+,42?. The highest BCUT2D eigenvalue weighted by molar-refractivity contribution is 6.25. The molecule has 0 bridgehead atoms. The second-order valence-corrected chi connectivity index (χ2v) is 20.0. The molecule has 0 radical (unpaired) electrons. The van der Waals surface area contributed by atoms with Gasteiger partial charge in [0.1, 0.15) is 17.7 Å². The van der Waals surface area contributed by atoms with Gasteiger partial charge in [0.15, 0.2) is 0 Å². The van der Waals surface area contributed by atoms with Crippen molar-refractivity contribution in [2.24, 2.45) is 0 Å². The molecule has 7 amide bonds. The van der Waals surface area contributed by atoms with Gasteiger partial charge in [0.05, 0.1) is 33.6 Å². The van der Waals surface area contributed by atoms with Gasteiger partial charge in [-0.05, 0) is 76.6 Å². The maximum absolute atomic E-state index is 16.2. The Morgan fingerprint density at radius 1 is 0.792 bits per heavy atom. The number of imide groups is 2. The van der Waals surface area contributed by atoms with E-state index in [1.807, 2.05) is 30.7 Å². The molecule has 19 nitrogen and oxygen atoms in total.